The van der Waals surface area contributed by atoms with Gasteiger partial charge in [-0.2, -0.15) is 0 Å². The number of nitrogens with zero attached hydrogens (tertiary/aromatic N) is 1. The first-order chi connectivity index (χ1) is 12.0. The van der Waals surface area contributed by atoms with E-state index in [0.29, 0.717) is 29.3 Å². The monoisotopic (exact) mass is 363 g/mol. The predicted octanol–water partition coefficient (Wildman–Crippen LogP) is 3.16. The summed E-state index contributed by atoms with van der Waals surface area (Å²) in [5.74, 6) is -0.638. The number of carbonyl (C=O) groups is 2. The van der Waals surface area contributed by atoms with E-state index in [2.05, 4.69) is 0 Å². The first-order valence-corrected chi connectivity index (χ1v) is 8.21. The van der Waals surface area contributed by atoms with Gasteiger partial charge in [0.05, 0.1) is 11.6 Å². The number of halogens is 1. The van der Waals surface area contributed by atoms with Crippen molar-refractivity contribution in [3.63, 3.8) is 0 Å². The number of carbonyl (C=O) groups excluding carboxylic acids is 1. The summed E-state index contributed by atoms with van der Waals surface area (Å²) >= 11 is 6.15. The van der Waals surface area contributed by atoms with Gasteiger partial charge in [0.25, 0.3) is 5.91 Å². The fourth-order valence-electron chi connectivity index (χ4n) is 3.09. The van der Waals surface area contributed by atoms with E-state index in [4.69, 9.17) is 20.8 Å². The lowest BCUT2D eigenvalue weighted by Gasteiger charge is -2.23. The molecular formula is C18H18ClNO5. The molecule has 1 amide bonds. The number of benzene rings is 1. The Balaban J connectivity index is 1.79. The Kier molecular flexibility index (Phi) is 4.83. The predicted molar refractivity (Wildman–Crippen MR) is 91.6 cm³/mol. The van der Waals surface area contributed by atoms with E-state index in [1.165, 1.54) is 12.0 Å². The number of carboxylic acids is 1. The molecule has 2 heterocycles. The quantitative estimate of drug-likeness (QED) is 0.882. The number of amides is 1. The number of hydrogen-bond donors (Lipinski definition) is 1. The van der Waals surface area contributed by atoms with Crippen LogP contribution in [0.4, 0.5) is 0 Å². The van der Waals surface area contributed by atoms with Crippen molar-refractivity contribution in [2.45, 2.75) is 6.42 Å². The van der Waals surface area contributed by atoms with Crippen LogP contribution in [-0.2, 0) is 9.53 Å². The highest BCUT2D eigenvalue weighted by atomic mass is 35.5. The summed E-state index contributed by atoms with van der Waals surface area (Å²) in [7, 11) is 1.46. The van der Waals surface area contributed by atoms with Crippen molar-refractivity contribution in [2.24, 2.45) is 5.41 Å². The summed E-state index contributed by atoms with van der Waals surface area (Å²) in [6.07, 6.45) is 0.347. The highest BCUT2D eigenvalue weighted by Crippen LogP contribution is 2.33. The van der Waals surface area contributed by atoms with Crippen LogP contribution in [0.1, 0.15) is 17.0 Å². The Hall–Kier alpha value is -2.31. The second-order valence-electron chi connectivity index (χ2n) is 6.14. The Bertz CT molecular complexity index is 802. The molecule has 1 aliphatic rings. The molecule has 0 spiro atoms. The molecule has 3 rings (SSSR count). The van der Waals surface area contributed by atoms with Crippen LogP contribution in [0.2, 0.25) is 5.02 Å². The van der Waals surface area contributed by atoms with Crippen molar-refractivity contribution < 1.29 is 23.8 Å². The third-order valence-corrected chi connectivity index (χ3v) is 4.80. The minimum atomic E-state index is -1.07. The van der Waals surface area contributed by atoms with Gasteiger partial charge >= 0.3 is 5.97 Å². The molecule has 7 heteroatoms. The van der Waals surface area contributed by atoms with Crippen molar-refractivity contribution in [1.82, 2.24) is 4.90 Å². The number of rotatable bonds is 5. The Morgan fingerprint density at radius 2 is 2.08 bits per heavy atom. The minimum Gasteiger partial charge on any atom is -0.481 e. The topological polar surface area (TPSA) is 80.0 Å². The zero-order valence-corrected chi connectivity index (χ0v) is 14.5. The Morgan fingerprint density at radius 1 is 1.32 bits per heavy atom. The van der Waals surface area contributed by atoms with Gasteiger partial charge in [-0.15, -0.1) is 0 Å². The van der Waals surface area contributed by atoms with E-state index in [9.17, 15) is 14.7 Å². The third-order valence-electron chi connectivity index (χ3n) is 4.47. The van der Waals surface area contributed by atoms with Crippen LogP contribution in [0, 0.1) is 5.41 Å². The van der Waals surface area contributed by atoms with Crippen LogP contribution in [0.25, 0.3) is 11.3 Å². The van der Waals surface area contributed by atoms with Gasteiger partial charge in [0.1, 0.15) is 11.2 Å². The smallest absolute Gasteiger partial charge is 0.313 e. The van der Waals surface area contributed by atoms with Crippen molar-refractivity contribution >= 4 is 23.5 Å². The minimum absolute atomic E-state index is 0.0646. The van der Waals surface area contributed by atoms with E-state index in [-0.39, 0.29) is 24.8 Å². The molecular weight excluding hydrogens is 346 g/mol. The van der Waals surface area contributed by atoms with E-state index in [0.717, 1.165) is 0 Å². The van der Waals surface area contributed by atoms with Crippen LogP contribution >= 0.6 is 11.6 Å². The first-order valence-electron chi connectivity index (χ1n) is 7.83. The molecule has 1 N–H and O–H groups in total. The number of likely N-dealkylation sites (tertiary alicyclic amines) is 1. The lowest BCUT2D eigenvalue weighted by atomic mass is 9.88. The van der Waals surface area contributed by atoms with Crippen LogP contribution in [0.3, 0.4) is 0 Å². The summed E-state index contributed by atoms with van der Waals surface area (Å²) in [6, 6.07) is 10.5. The van der Waals surface area contributed by atoms with Gasteiger partial charge in [-0.1, -0.05) is 23.7 Å². The molecule has 1 aromatic carbocycles. The highest BCUT2D eigenvalue weighted by molar-refractivity contribution is 6.33. The maximum atomic E-state index is 12.7. The van der Waals surface area contributed by atoms with E-state index < -0.39 is 11.4 Å². The summed E-state index contributed by atoms with van der Waals surface area (Å²) in [5, 5.41) is 10.0. The number of hydrogen-bond acceptors (Lipinski definition) is 4. The van der Waals surface area contributed by atoms with Gasteiger partial charge in [0.2, 0.25) is 0 Å². The van der Waals surface area contributed by atoms with Crippen molar-refractivity contribution in [1.29, 1.82) is 0 Å². The molecule has 6 nitrogen and oxygen atoms in total. The van der Waals surface area contributed by atoms with Crippen LogP contribution < -0.4 is 0 Å². The van der Waals surface area contributed by atoms with E-state index in [1.807, 2.05) is 12.1 Å². The zero-order valence-electron chi connectivity index (χ0n) is 13.7. The van der Waals surface area contributed by atoms with Gasteiger partial charge in [-0.05, 0) is 30.7 Å². The van der Waals surface area contributed by atoms with E-state index in [1.54, 1.807) is 24.3 Å². The normalized spacial score (nSPS) is 20.0. The summed E-state index contributed by atoms with van der Waals surface area (Å²) in [6.45, 7) is 0.503. The molecule has 1 atom stereocenters. The van der Waals surface area contributed by atoms with Gasteiger partial charge in [0.15, 0.2) is 5.76 Å². The summed E-state index contributed by atoms with van der Waals surface area (Å²) in [5.41, 5.74) is -0.369. The van der Waals surface area contributed by atoms with Crippen LogP contribution in [-0.4, -0.2) is 48.7 Å². The molecule has 25 heavy (non-hydrogen) atoms. The van der Waals surface area contributed by atoms with Gasteiger partial charge < -0.3 is 19.2 Å². The molecule has 2 aromatic rings. The molecule has 1 aromatic heterocycles. The van der Waals surface area contributed by atoms with Gasteiger partial charge in [-0.3, -0.25) is 9.59 Å². The Labute approximate surface area is 149 Å². The highest BCUT2D eigenvalue weighted by Gasteiger charge is 2.47. The summed E-state index contributed by atoms with van der Waals surface area (Å²) < 4.78 is 10.7. The molecule has 0 saturated carbocycles. The second kappa shape index (κ2) is 6.90. The van der Waals surface area contributed by atoms with Crippen LogP contribution in [0.15, 0.2) is 40.8 Å². The molecule has 132 valence electrons. The molecule has 0 radical (unpaired) electrons. The third kappa shape index (κ3) is 3.27. The summed E-state index contributed by atoms with van der Waals surface area (Å²) in [4.78, 5) is 25.7. The number of aliphatic carboxylic acids is 1. The SMILES string of the molecule is COCC1(C(=O)O)CCN(C(=O)c2ccc(-c3ccccc3Cl)o2)C1. The molecule has 1 aliphatic heterocycles. The van der Waals surface area contributed by atoms with Crippen LogP contribution in [0.5, 0.6) is 0 Å². The number of ether oxygens (including phenoxy) is 1. The fourth-order valence-corrected chi connectivity index (χ4v) is 3.32. The molecule has 1 fully saturated rings. The van der Waals surface area contributed by atoms with E-state index >= 15 is 0 Å². The number of methoxy groups -OCH3 is 1. The molecule has 1 unspecified atom stereocenters. The molecule has 0 bridgehead atoms. The second-order valence-corrected chi connectivity index (χ2v) is 6.55. The molecule has 1 saturated heterocycles. The van der Waals surface area contributed by atoms with Crippen molar-refractivity contribution in [3.8, 4) is 11.3 Å². The number of carboxylic acid groups (broad SMARTS) is 1. The Morgan fingerprint density at radius 3 is 2.76 bits per heavy atom. The van der Waals surface area contributed by atoms with Gasteiger partial charge in [-0.25, -0.2) is 0 Å². The molecule has 0 aliphatic carbocycles. The first kappa shape index (κ1) is 17.5. The lowest BCUT2D eigenvalue weighted by molar-refractivity contribution is -0.151. The average molecular weight is 364 g/mol. The van der Waals surface area contributed by atoms with Crippen molar-refractivity contribution in [3.05, 3.63) is 47.2 Å². The van der Waals surface area contributed by atoms with Crippen molar-refractivity contribution in [2.75, 3.05) is 26.8 Å². The lowest BCUT2D eigenvalue weighted by Crippen LogP contribution is -2.40. The fraction of sp³-hybridized carbons (Fsp3) is 0.333. The maximum absolute atomic E-state index is 12.7. The van der Waals surface area contributed by atoms with Gasteiger partial charge in [0, 0.05) is 25.8 Å². The average Bonchev–Trinajstić information content (AvgIpc) is 3.23. The standard InChI is InChI=1S/C18H18ClNO5/c1-24-11-18(17(22)23)8-9-20(10-18)16(21)15-7-6-14(25-15)12-4-2-3-5-13(12)19/h2-7H,8-11H2,1H3,(H,22,23). The largest absolute Gasteiger partial charge is 0.481 e. The zero-order chi connectivity index (χ0) is 18.0. The maximum Gasteiger partial charge on any atom is 0.313 e. The number of furan rings is 1.